The maximum Gasteiger partial charge on any atom is 0.251 e. The molecule has 5 heteroatoms. The molecule has 1 aliphatic rings. The van der Waals surface area contributed by atoms with E-state index < -0.39 is 6.04 Å². The van der Waals surface area contributed by atoms with Gasteiger partial charge in [0.15, 0.2) is 0 Å². The van der Waals surface area contributed by atoms with Gasteiger partial charge in [-0.05, 0) is 41.2 Å². The first-order valence-electron chi connectivity index (χ1n) is 11.2. The third kappa shape index (κ3) is 5.66. The number of nitrogens with zero attached hydrogens (tertiary/aromatic N) is 2. The van der Waals surface area contributed by atoms with Crippen LogP contribution >= 0.6 is 0 Å². The molecule has 3 rings (SSSR count). The number of amides is 2. The zero-order valence-electron chi connectivity index (χ0n) is 19.4. The molecule has 0 unspecified atom stereocenters. The van der Waals surface area contributed by atoms with Crippen molar-refractivity contribution in [3.8, 4) is 0 Å². The van der Waals surface area contributed by atoms with Gasteiger partial charge >= 0.3 is 0 Å². The highest BCUT2D eigenvalue weighted by atomic mass is 16.2. The van der Waals surface area contributed by atoms with Crippen LogP contribution in [0.3, 0.4) is 0 Å². The lowest BCUT2D eigenvalue weighted by atomic mass is 9.86. The second-order valence-corrected chi connectivity index (χ2v) is 9.67. The van der Waals surface area contributed by atoms with Gasteiger partial charge in [-0.25, -0.2) is 0 Å². The number of anilines is 1. The Morgan fingerprint density at radius 3 is 1.97 bits per heavy atom. The average Bonchev–Trinajstić information content (AvgIpc) is 2.77. The van der Waals surface area contributed by atoms with E-state index in [1.807, 2.05) is 61.2 Å². The Labute approximate surface area is 186 Å². The summed E-state index contributed by atoms with van der Waals surface area (Å²) in [6, 6.07) is 17.4. The van der Waals surface area contributed by atoms with Gasteiger partial charge in [-0.2, -0.15) is 0 Å². The second kappa shape index (κ2) is 9.54. The number of hydrogen-bond donors (Lipinski definition) is 1. The monoisotopic (exact) mass is 421 g/mol. The fourth-order valence-corrected chi connectivity index (χ4v) is 3.88. The summed E-state index contributed by atoms with van der Waals surface area (Å²) in [4.78, 5) is 30.3. The number of carbonyl (C=O) groups excluding carboxylic acids is 2. The van der Waals surface area contributed by atoms with Crippen molar-refractivity contribution in [1.29, 1.82) is 0 Å². The molecule has 2 amide bonds. The van der Waals surface area contributed by atoms with E-state index in [9.17, 15) is 9.59 Å². The van der Waals surface area contributed by atoms with Crippen molar-refractivity contribution in [1.82, 2.24) is 10.2 Å². The number of carbonyl (C=O) groups is 2. The van der Waals surface area contributed by atoms with Crippen LogP contribution < -0.4 is 10.2 Å². The molecule has 0 saturated carbocycles. The number of para-hydroxylation sites is 1. The van der Waals surface area contributed by atoms with Crippen molar-refractivity contribution in [2.24, 2.45) is 5.92 Å². The Morgan fingerprint density at radius 2 is 1.45 bits per heavy atom. The largest absolute Gasteiger partial charge is 0.368 e. The molecule has 1 aliphatic heterocycles. The Balaban J connectivity index is 1.62. The maximum absolute atomic E-state index is 13.2. The number of hydrogen-bond acceptors (Lipinski definition) is 3. The summed E-state index contributed by atoms with van der Waals surface area (Å²) < 4.78 is 0. The number of piperazine rings is 1. The minimum Gasteiger partial charge on any atom is -0.368 e. The molecule has 166 valence electrons. The van der Waals surface area contributed by atoms with Gasteiger partial charge in [0.25, 0.3) is 5.91 Å². The fraction of sp³-hybridized carbons (Fsp3) is 0.462. The summed E-state index contributed by atoms with van der Waals surface area (Å²) in [6.45, 7) is 13.3. The lowest BCUT2D eigenvalue weighted by molar-refractivity contribution is -0.134. The fourth-order valence-electron chi connectivity index (χ4n) is 3.88. The van der Waals surface area contributed by atoms with E-state index in [1.54, 1.807) is 0 Å². The van der Waals surface area contributed by atoms with E-state index in [0.717, 1.165) is 13.1 Å². The number of rotatable bonds is 5. The van der Waals surface area contributed by atoms with Crippen LogP contribution in [0.2, 0.25) is 0 Å². The van der Waals surface area contributed by atoms with Crippen LogP contribution in [-0.4, -0.2) is 48.9 Å². The van der Waals surface area contributed by atoms with E-state index >= 15 is 0 Å². The first-order valence-corrected chi connectivity index (χ1v) is 11.2. The van der Waals surface area contributed by atoms with Crippen LogP contribution in [0.15, 0.2) is 54.6 Å². The van der Waals surface area contributed by atoms with Gasteiger partial charge in [0.2, 0.25) is 5.91 Å². The van der Waals surface area contributed by atoms with Crippen LogP contribution in [-0.2, 0) is 10.2 Å². The number of nitrogens with one attached hydrogen (secondary N) is 1. The van der Waals surface area contributed by atoms with Gasteiger partial charge < -0.3 is 15.1 Å². The van der Waals surface area contributed by atoms with Gasteiger partial charge in [0.05, 0.1) is 0 Å². The molecule has 0 spiro atoms. The van der Waals surface area contributed by atoms with Gasteiger partial charge in [-0.1, -0.05) is 65.0 Å². The van der Waals surface area contributed by atoms with Crippen molar-refractivity contribution in [3.05, 3.63) is 65.7 Å². The quantitative estimate of drug-likeness (QED) is 0.791. The average molecular weight is 422 g/mol. The van der Waals surface area contributed by atoms with E-state index in [0.29, 0.717) is 18.7 Å². The third-order valence-electron chi connectivity index (χ3n) is 5.95. The SMILES string of the molecule is CC(C)[C@H](NC(=O)c1ccc(C(C)(C)C)cc1)C(=O)N1CCN(c2ccccc2)CC1. The summed E-state index contributed by atoms with van der Waals surface area (Å²) in [6.07, 6.45) is 0. The molecule has 31 heavy (non-hydrogen) atoms. The van der Waals surface area contributed by atoms with Crippen molar-refractivity contribution < 1.29 is 9.59 Å². The summed E-state index contributed by atoms with van der Waals surface area (Å²) in [5.74, 6) is -0.185. The van der Waals surface area contributed by atoms with Crippen molar-refractivity contribution in [2.75, 3.05) is 31.1 Å². The van der Waals surface area contributed by atoms with E-state index in [-0.39, 0.29) is 23.1 Å². The predicted molar refractivity (Wildman–Crippen MR) is 126 cm³/mol. The Bertz CT molecular complexity index is 877. The molecule has 1 saturated heterocycles. The Hall–Kier alpha value is -2.82. The molecule has 0 bridgehead atoms. The van der Waals surface area contributed by atoms with Crippen LogP contribution in [0.5, 0.6) is 0 Å². The van der Waals surface area contributed by atoms with E-state index in [2.05, 4.69) is 43.1 Å². The van der Waals surface area contributed by atoms with Crippen LogP contribution in [0.25, 0.3) is 0 Å². The Morgan fingerprint density at radius 1 is 0.871 bits per heavy atom. The molecule has 5 nitrogen and oxygen atoms in total. The smallest absolute Gasteiger partial charge is 0.251 e. The van der Waals surface area contributed by atoms with Gasteiger partial charge in [0.1, 0.15) is 6.04 Å². The van der Waals surface area contributed by atoms with E-state index in [1.165, 1.54) is 11.3 Å². The molecule has 1 fully saturated rings. The second-order valence-electron chi connectivity index (χ2n) is 9.67. The molecule has 1 atom stereocenters. The third-order valence-corrected chi connectivity index (χ3v) is 5.95. The highest BCUT2D eigenvalue weighted by Gasteiger charge is 2.31. The predicted octanol–water partition coefficient (Wildman–Crippen LogP) is 4.09. The summed E-state index contributed by atoms with van der Waals surface area (Å²) in [5, 5.41) is 2.99. The standard InChI is InChI=1S/C26H35N3O2/c1-19(2)23(27-24(30)20-11-13-21(14-12-20)26(3,4)5)25(31)29-17-15-28(16-18-29)22-9-7-6-8-10-22/h6-14,19,23H,15-18H2,1-5H3,(H,27,30)/t23-/m0/s1. The molecular formula is C26H35N3O2. The molecule has 2 aromatic carbocycles. The van der Waals surface area contributed by atoms with Crippen LogP contribution in [0, 0.1) is 5.92 Å². The number of benzene rings is 2. The van der Waals surface area contributed by atoms with Gasteiger partial charge in [-0.15, -0.1) is 0 Å². The van der Waals surface area contributed by atoms with Crippen molar-refractivity contribution >= 4 is 17.5 Å². The first-order chi connectivity index (χ1) is 14.7. The highest BCUT2D eigenvalue weighted by Crippen LogP contribution is 2.22. The zero-order valence-corrected chi connectivity index (χ0v) is 19.4. The summed E-state index contributed by atoms with van der Waals surface area (Å²) in [5.41, 5.74) is 2.98. The Kier molecular flexibility index (Phi) is 7.04. The minimum absolute atomic E-state index is 0.00220. The van der Waals surface area contributed by atoms with Crippen molar-refractivity contribution in [2.45, 2.75) is 46.1 Å². The molecule has 0 aliphatic carbocycles. The molecule has 0 aromatic heterocycles. The minimum atomic E-state index is -0.530. The lowest BCUT2D eigenvalue weighted by Gasteiger charge is -2.38. The topological polar surface area (TPSA) is 52.7 Å². The summed E-state index contributed by atoms with van der Waals surface area (Å²) >= 11 is 0. The molecular weight excluding hydrogens is 386 g/mol. The maximum atomic E-state index is 13.2. The highest BCUT2D eigenvalue weighted by molar-refractivity contribution is 5.97. The lowest BCUT2D eigenvalue weighted by Crippen LogP contribution is -2.56. The normalized spacial score (nSPS) is 15.7. The molecule has 0 radical (unpaired) electrons. The summed E-state index contributed by atoms with van der Waals surface area (Å²) in [7, 11) is 0. The molecule has 1 heterocycles. The van der Waals surface area contributed by atoms with Crippen LogP contribution in [0.1, 0.15) is 50.5 Å². The van der Waals surface area contributed by atoms with Crippen LogP contribution in [0.4, 0.5) is 5.69 Å². The van der Waals surface area contributed by atoms with Crippen molar-refractivity contribution in [3.63, 3.8) is 0 Å². The molecule has 1 N–H and O–H groups in total. The van der Waals surface area contributed by atoms with Gasteiger partial charge in [0, 0.05) is 37.4 Å². The van der Waals surface area contributed by atoms with E-state index in [4.69, 9.17) is 0 Å². The first kappa shape index (κ1) is 22.9. The van der Waals surface area contributed by atoms with Gasteiger partial charge in [-0.3, -0.25) is 9.59 Å². The zero-order chi connectivity index (χ0) is 22.6. The molecule has 2 aromatic rings.